The molecule has 0 saturated carbocycles. The molecule has 3 heteroatoms. The molecule has 0 aliphatic carbocycles. The van der Waals surface area contributed by atoms with E-state index in [-0.39, 0.29) is 6.10 Å². The molecule has 0 bridgehead atoms. The lowest BCUT2D eigenvalue weighted by Gasteiger charge is -2.19. The fourth-order valence-corrected chi connectivity index (χ4v) is 2.48. The van der Waals surface area contributed by atoms with E-state index in [1.807, 2.05) is 0 Å². The molecule has 1 N–H and O–H groups in total. The van der Waals surface area contributed by atoms with E-state index in [0.29, 0.717) is 12.0 Å². The van der Waals surface area contributed by atoms with Crippen LogP contribution in [0.3, 0.4) is 0 Å². The first kappa shape index (κ1) is 13.1. The van der Waals surface area contributed by atoms with Gasteiger partial charge in [0.05, 0.1) is 6.10 Å². The number of halogens is 1. The van der Waals surface area contributed by atoms with Crippen LogP contribution in [0.5, 0.6) is 0 Å². The summed E-state index contributed by atoms with van der Waals surface area (Å²) < 4.78 is 7.05. The molecule has 1 fully saturated rings. The van der Waals surface area contributed by atoms with Crippen molar-refractivity contribution in [1.82, 2.24) is 5.32 Å². The van der Waals surface area contributed by atoms with E-state index in [0.717, 1.165) is 24.0 Å². The van der Waals surface area contributed by atoms with Gasteiger partial charge in [0.25, 0.3) is 0 Å². The van der Waals surface area contributed by atoms with Crippen molar-refractivity contribution in [3.8, 4) is 0 Å². The molecule has 1 aromatic carbocycles. The van der Waals surface area contributed by atoms with Gasteiger partial charge in [-0.15, -0.1) is 0 Å². The number of hydrogen-bond donors (Lipinski definition) is 1. The summed E-state index contributed by atoms with van der Waals surface area (Å²) in [6.07, 6.45) is 1.29. The van der Waals surface area contributed by atoms with Crippen LogP contribution in [0.2, 0.25) is 0 Å². The minimum atomic E-state index is 0.187. The van der Waals surface area contributed by atoms with Crippen molar-refractivity contribution in [3.05, 3.63) is 34.3 Å². The maximum atomic E-state index is 5.93. The molecule has 0 radical (unpaired) electrons. The van der Waals surface area contributed by atoms with E-state index >= 15 is 0 Å². The molecule has 94 valence electrons. The Hall–Kier alpha value is -0.380. The second kappa shape index (κ2) is 5.98. The van der Waals surface area contributed by atoms with Crippen LogP contribution in [0.4, 0.5) is 0 Å². The van der Waals surface area contributed by atoms with Crippen LogP contribution >= 0.6 is 15.9 Å². The average molecular weight is 298 g/mol. The summed E-state index contributed by atoms with van der Waals surface area (Å²) in [6.45, 7) is 6.27. The molecule has 1 heterocycles. The predicted molar refractivity (Wildman–Crippen MR) is 74.1 cm³/mol. The molecule has 2 rings (SSSR count). The Labute approximate surface area is 112 Å². The van der Waals surface area contributed by atoms with E-state index in [4.69, 9.17) is 4.74 Å². The standard InChI is InChI=1S/C14H20BrNO/c1-10(2)13-7-8-17-14(9-16-13)11-3-5-12(15)6-4-11/h3-6,10,13-14,16H,7-9H2,1-2H3. The number of hydrogen-bond acceptors (Lipinski definition) is 2. The van der Waals surface area contributed by atoms with Gasteiger partial charge in [0.1, 0.15) is 0 Å². The van der Waals surface area contributed by atoms with Crippen molar-refractivity contribution in [3.63, 3.8) is 0 Å². The summed E-state index contributed by atoms with van der Waals surface area (Å²) in [4.78, 5) is 0. The van der Waals surface area contributed by atoms with Crippen molar-refractivity contribution in [2.45, 2.75) is 32.4 Å². The molecule has 0 aromatic heterocycles. The van der Waals surface area contributed by atoms with Crippen molar-refractivity contribution >= 4 is 15.9 Å². The fourth-order valence-electron chi connectivity index (χ4n) is 2.22. The molecule has 0 amide bonds. The second-order valence-corrected chi connectivity index (χ2v) is 5.87. The van der Waals surface area contributed by atoms with Crippen LogP contribution in [0.25, 0.3) is 0 Å². The molecule has 2 unspecified atom stereocenters. The van der Waals surface area contributed by atoms with Gasteiger partial charge in [0.15, 0.2) is 0 Å². The van der Waals surface area contributed by atoms with E-state index in [9.17, 15) is 0 Å². The highest BCUT2D eigenvalue weighted by Gasteiger charge is 2.21. The summed E-state index contributed by atoms with van der Waals surface area (Å²) in [5, 5.41) is 3.61. The van der Waals surface area contributed by atoms with E-state index in [1.165, 1.54) is 5.56 Å². The van der Waals surface area contributed by atoms with Crippen LogP contribution in [0.1, 0.15) is 31.9 Å². The molecule has 1 aromatic rings. The minimum Gasteiger partial charge on any atom is -0.372 e. The summed E-state index contributed by atoms with van der Waals surface area (Å²) in [5.74, 6) is 0.669. The molecule has 1 saturated heterocycles. The number of rotatable bonds is 2. The average Bonchev–Trinajstić information content (AvgIpc) is 2.55. The number of ether oxygens (including phenoxy) is 1. The van der Waals surface area contributed by atoms with Gasteiger partial charge < -0.3 is 10.1 Å². The maximum Gasteiger partial charge on any atom is 0.0949 e. The normalized spacial score (nSPS) is 25.9. The Balaban J connectivity index is 2.01. The van der Waals surface area contributed by atoms with Crippen LogP contribution in [0, 0.1) is 5.92 Å². The molecule has 1 aliphatic heterocycles. The van der Waals surface area contributed by atoms with Gasteiger partial charge >= 0.3 is 0 Å². The van der Waals surface area contributed by atoms with Gasteiger partial charge in [-0.2, -0.15) is 0 Å². The fraction of sp³-hybridized carbons (Fsp3) is 0.571. The van der Waals surface area contributed by atoms with Crippen molar-refractivity contribution in [2.24, 2.45) is 5.92 Å². The smallest absolute Gasteiger partial charge is 0.0949 e. The first-order valence-electron chi connectivity index (χ1n) is 6.27. The third-order valence-electron chi connectivity index (χ3n) is 3.36. The zero-order valence-corrected chi connectivity index (χ0v) is 12.0. The Bertz CT molecular complexity index is 350. The van der Waals surface area contributed by atoms with Crippen molar-refractivity contribution < 1.29 is 4.74 Å². The minimum absolute atomic E-state index is 0.187. The molecule has 17 heavy (non-hydrogen) atoms. The van der Waals surface area contributed by atoms with Crippen molar-refractivity contribution in [2.75, 3.05) is 13.2 Å². The Morgan fingerprint density at radius 3 is 2.65 bits per heavy atom. The van der Waals surface area contributed by atoms with Crippen LogP contribution in [-0.4, -0.2) is 19.2 Å². The summed E-state index contributed by atoms with van der Waals surface area (Å²) in [6, 6.07) is 8.99. The lowest BCUT2D eigenvalue weighted by molar-refractivity contribution is 0.0660. The van der Waals surface area contributed by atoms with Crippen LogP contribution in [-0.2, 0) is 4.74 Å². The quantitative estimate of drug-likeness (QED) is 0.902. The van der Waals surface area contributed by atoms with Crippen LogP contribution in [0.15, 0.2) is 28.7 Å². The third kappa shape index (κ3) is 3.54. The van der Waals surface area contributed by atoms with Gasteiger partial charge in [-0.25, -0.2) is 0 Å². The summed E-state index contributed by atoms with van der Waals surface area (Å²) in [7, 11) is 0. The van der Waals surface area contributed by atoms with Crippen molar-refractivity contribution in [1.29, 1.82) is 0 Å². The highest BCUT2D eigenvalue weighted by atomic mass is 79.9. The molecule has 1 aliphatic rings. The lowest BCUT2D eigenvalue weighted by Crippen LogP contribution is -2.34. The van der Waals surface area contributed by atoms with Gasteiger partial charge in [-0.3, -0.25) is 0 Å². The Morgan fingerprint density at radius 2 is 2.00 bits per heavy atom. The molecule has 2 nitrogen and oxygen atoms in total. The molecular weight excluding hydrogens is 278 g/mol. The molecule has 0 spiro atoms. The zero-order valence-electron chi connectivity index (χ0n) is 10.4. The summed E-state index contributed by atoms with van der Waals surface area (Å²) >= 11 is 3.46. The number of nitrogens with one attached hydrogen (secondary N) is 1. The van der Waals surface area contributed by atoms with E-state index < -0.39 is 0 Å². The first-order chi connectivity index (χ1) is 8.16. The first-order valence-corrected chi connectivity index (χ1v) is 7.06. The number of benzene rings is 1. The van der Waals surface area contributed by atoms with E-state index in [2.05, 4.69) is 59.4 Å². The Morgan fingerprint density at radius 1 is 1.29 bits per heavy atom. The highest BCUT2D eigenvalue weighted by Crippen LogP contribution is 2.23. The van der Waals surface area contributed by atoms with E-state index in [1.54, 1.807) is 0 Å². The van der Waals surface area contributed by atoms with Gasteiger partial charge in [0.2, 0.25) is 0 Å². The molecular formula is C14H20BrNO. The monoisotopic (exact) mass is 297 g/mol. The third-order valence-corrected chi connectivity index (χ3v) is 3.89. The lowest BCUT2D eigenvalue weighted by atomic mass is 10.0. The van der Waals surface area contributed by atoms with Crippen LogP contribution < -0.4 is 5.32 Å². The SMILES string of the molecule is CC(C)C1CCOC(c2ccc(Br)cc2)CN1. The Kier molecular flexibility index (Phi) is 4.60. The predicted octanol–water partition coefficient (Wildman–Crippen LogP) is 3.52. The van der Waals surface area contributed by atoms with Gasteiger partial charge in [0, 0.05) is 23.7 Å². The van der Waals surface area contributed by atoms with Gasteiger partial charge in [-0.05, 0) is 30.0 Å². The summed E-state index contributed by atoms with van der Waals surface area (Å²) in [5.41, 5.74) is 1.25. The second-order valence-electron chi connectivity index (χ2n) is 4.96. The zero-order chi connectivity index (χ0) is 12.3. The van der Waals surface area contributed by atoms with Gasteiger partial charge in [-0.1, -0.05) is 41.9 Å². The highest BCUT2D eigenvalue weighted by molar-refractivity contribution is 9.10. The largest absolute Gasteiger partial charge is 0.372 e. The molecule has 2 atom stereocenters. The maximum absolute atomic E-state index is 5.93. The topological polar surface area (TPSA) is 21.3 Å².